The summed E-state index contributed by atoms with van der Waals surface area (Å²) in [6, 6.07) is 6.13. The summed E-state index contributed by atoms with van der Waals surface area (Å²) < 4.78 is 0. The van der Waals surface area contributed by atoms with E-state index in [0.717, 1.165) is 0 Å². The molecule has 0 atom stereocenters. The van der Waals surface area contributed by atoms with Crippen LogP contribution in [-0.2, 0) is 11.2 Å². The van der Waals surface area contributed by atoms with Crippen LogP contribution in [0.2, 0.25) is 10.0 Å². The monoisotopic (exact) mass is 297 g/mol. The van der Waals surface area contributed by atoms with Crippen molar-refractivity contribution < 1.29 is 9.90 Å². The van der Waals surface area contributed by atoms with Gasteiger partial charge in [-0.25, -0.2) is 0 Å². The maximum Gasteiger partial charge on any atom is 0.307 e. The number of pyridine rings is 1. The number of halogens is 2. The number of nitrogens with one attached hydrogen (secondary N) is 1. The van der Waals surface area contributed by atoms with Gasteiger partial charge in [0, 0.05) is 33.4 Å². The summed E-state index contributed by atoms with van der Waals surface area (Å²) in [5.41, 5.74) is 1.16. The molecule has 0 saturated carbocycles. The van der Waals surface area contributed by atoms with Gasteiger partial charge >= 0.3 is 5.97 Å². The van der Waals surface area contributed by atoms with Gasteiger partial charge in [-0.3, -0.25) is 9.59 Å². The molecule has 0 saturated heterocycles. The molecule has 0 fully saturated rings. The molecular weight excluding hydrogens is 289 g/mol. The van der Waals surface area contributed by atoms with Crippen molar-refractivity contribution in [2.45, 2.75) is 6.42 Å². The van der Waals surface area contributed by atoms with E-state index in [4.69, 9.17) is 28.3 Å². The third kappa shape index (κ3) is 3.16. The first kappa shape index (κ1) is 13.6. The molecule has 1 heterocycles. The number of hydrogen-bond acceptors (Lipinski definition) is 2. The van der Waals surface area contributed by atoms with Gasteiger partial charge in [0.05, 0.1) is 6.42 Å². The summed E-state index contributed by atoms with van der Waals surface area (Å²) in [6.45, 7) is 0. The number of carbonyl (C=O) groups is 1. The average molecular weight is 298 g/mol. The first-order valence-electron chi connectivity index (χ1n) is 5.36. The molecule has 0 aliphatic rings. The van der Waals surface area contributed by atoms with Crippen LogP contribution < -0.4 is 5.56 Å². The first-order chi connectivity index (χ1) is 8.97. The number of aliphatic carboxylic acids is 1. The molecule has 0 radical (unpaired) electrons. The van der Waals surface area contributed by atoms with Crippen molar-refractivity contribution >= 4 is 29.2 Å². The van der Waals surface area contributed by atoms with E-state index < -0.39 is 5.97 Å². The zero-order valence-corrected chi connectivity index (χ0v) is 11.1. The van der Waals surface area contributed by atoms with Crippen molar-refractivity contribution in [2.24, 2.45) is 0 Å². The predicted octanol–water partition coefficient (Wildman–Crippen LogP) is 2.98. The third-order valence-corrected chi connectivity index (χ3v) is 3.13. The van der Waals surface area contributed by atoms with E-state index in [1.54, 1.807) is 18.2 Å². The van der Waals surface area contributed by atoms with Crippen molar-refractivity contribution in [3.63, 3.8) is 0 Å². The third-order valence-electron chi connectivity index (χ3n) is 2.57. The minimum absolute atomic E-state index is 0.262. The Morgan fingerprint density at radius 2 is 1.95 bits per heavy atom. The molecule has 1 aromatic heterocycles. The zero-order chi connectivity index (χ0) is 14.0. The lowest BCUT2D eigenvalue weighted by Gasteiger charge is -2.09. The number of aromatic nitrogens is 1. The van der Waals surface area contributed by atoms with E-state index in [1.165, 1.54) is 12.3 Å². The highest BCUT2D eigenvalue weighted by atomic mass is 35.5. The zero-order valence-electron chi connectivity index (χ0n) is 9.61. The van der Waals surface area contributed by atoms with E-state index in [0.29, 0.717) is 26.7 Å². The molecule has 2 N–H and O–H groups in total. The topological polar surface area (TPSA) is 70.2 Å². The molecule has 19 heavy (non-hydrogen) atoms. The number of rotatable bonds is 3. The average Bonchev–Trinajstić information content (AvgIpc) is 2.32. The molecule has 4 nitrogen and oxygen atoms in total. The number of hydrogen-bond donors (Lipinski definition) is 2. The molecule has 6 heteroatoms. The SMILES string of the molecule is O=C(O)Cc1cc(=O)[nH]cc1-c1cc(Cl)ccc1Cl. The lowest BCUT2D eigenvalue weighted by molar-refractivity contribution is -0.136. The van der Waals surface area contributed by atoms with Gasteiger partial charge in [0.15, 0.2) is 0 Å². The van der Waals surface area contributed by atoms with E-state index in [2.05, 4.69) is 4.98 Å². The molecule has 2 rings (SSSR count). The van der Waals surface area contributed by atoms with Crippen molar-refractivity contribution in [3.05, 3.63) is 56.4 Å². The predicted molar refractivity (Wildman–Crippen MR) is 73.9 cm³/mol. The quantitative estimate of drug-likeness (QED) is 0.915. The van der Waals surface area contributed by atoms with E-state index >= 15 is 0 Å². The van der Waals surface area contributed by atoms with E-state index in [1.807, 2.05) is 0 Å². The van der Waals surface area contributed by atoms with Crippen LogP contribution in [0, 0.1) is 0 Å². The number of aromatic amines is 1. The van der Waals surface area contributed by atoms with Gasteiger partial charge in [-0.05, 0) is 23.8 Å². The molecule has 0 spiro atoms. The highest BCUT2D eigenvalue weighted by Gasteiger charge is 2.12. The van der Waals surface area contributed by atoms with E-state index in [-0.39, 0.29) is 12.0 Å². The van der Waals surface area contributed by atoms with Crippen molar-refractivity contribution in [1.29, 1.82) is 0 Å². The Morgan fingerprint density at radius 1 is 1.21 bits per heavy atom. The molecular formula is C13H9Cl2NO3. The summed E-state index contributed by atoms with van der Waals surface area (Å²) in [5, 5.41) is 9.79. The fourth-order valence-electron chi connectivity index (χ4n) is 1.78. The van der Waals surface area contributed by atoms with Crippen LogP contribution in [0.15, 0.2) is 35.3 Å². The minimum atomic E-state index is -1.02. The van der Waals surface area contributed by atoms with Gasteiger partial charge in [-0.1, -0.05) is 23.2 Å². The fraction of sp³-hybridized carbons (Fsp3) is 0.0769. The lowest BCUT2D eigenvalue weighted by atomic mass is 10.00. The Labute approximate surface area is 118 Å². The van der Waals surface area contributed by atoms with Crippen LogP contribution in [0.3, 0.4) is 0 Å². The molecule has 1 aromatic carbocycles. The van der Waals surface area contributed by atoms with Crippen molar-refractivity contribution in [3.8, 4) is 11.1 Å². The molecule has 0 aliphatic heterocycles. The van der Waals surface area contributed by atoms with Crippen LogP contribution in [0.4, 0.5) is 0 Å². The van der Waals surface area contributed by atoms with Gasteiger partial charge in [0.2, 0.25) is 5.56 Å². The smallest absolute Gasteiger partial charge is 0.307 e. The Morgan fingerprint density at radius 3 is 2.63 bits per heavy atom. The lowest BCUT2D eigenvalue weighted by Crippen LogP contribution is -2.10. The Balaban J connectivity index is 2.64. The Hall–Kier alpha value is -1.78. The molecule has 0 bridgehead atoms. The summed E-state index contributed by atoms with van der Waals surface area (Å²) in [4.78, 5) is 24.7. The first-order valence-corrected chi connectivity index (χ1v) is 6.12. The number of carboxylic acid groups (broad SMARTS) is 1. The normalized spacial score (nSPS) is 10.4. The van der Waals surface area contributed by atoms with Crippen molar-refractivity contribution in [1.82, 2.24) is 4.98 Å². The highest BCUT2D eigenvalue weighted by molar-refractivity contribution is 6.35. The van der Waals surface area contributed by atoms with Crippen LogP contribution in [0.25, 0.3) is 11.1 Å². The van der Waals surface area contributed by atoms with Gasteiger partial charge < -0.3 is 10.1 Å². The van der Waals surface area contributed by atoms with Crippen molar-refractivity contribution in [2.75, 3.05) is 0 Å². The van der Waals surface area contributed by atoms with Crippen LogP contribution in [0.5, 0.6) is 0 Å². The van der Waals surface area contributed by atoms with Crippen LogP contribution in [-0.4, -0.2) is 16.1 Å². The number of carboxylic acids is 1. The maximum atomic E-state index is 11.3. The van der Waals surface area contributed by atoms with Gasteiger partial charge in [0.1, 0.15) is 0 Å². The summed E-state index contributed by atoms with van der Waals surface area (Å²) >= 11 is 12.0. The fourth-order valence-corrected chi connectivity index (χ4v) is 2.17. The summed E-state index contributed by atoms with van der Waals surface area (Å²) in [7, 11) is 0. The van der Waals surface area contributed by atoms with Crippen LogP contribution >= 0.6 is 23.2 Å². The summed E-state index contributed by atoms with van der Waals surface area (Å²) in [5.74, 6) is -1.02. The molecule has 2 aromatic rings. The number of benzene rings is 1. The minimum Gasteiger partial charge on any atom is -0.481 e. The number of H-pyrrole nitrogens is 1. The summed E-state index contributed by atoms with van der Waals surface area (Å²) in [6.07, 6.45) is 1.18. The molecule has 98 valence electrons. The Kier molecular flexibility index (Phi) is 3.93. The second-order valence-electron chi connectivity index (χ2n) is 3.93. The second kappa shape index (κ2) is 5.47. The largest absolute Gasteiger partial charge is 0.481 e. The Bertz CT molecular complexity index is 695. The standard InChI is InChI=1S/C13H9Cl2NO3/c14-8-1-2-11(15)9(5-8)10-6-16-12(17)3-7(10)4-13(18)19/h1-3,5-6H,4H2,(H,16,17)(H,18,19). The second-order valence-corrected chi connectivity index (χ2v) is 4.77. The van der Waals surface area contributed by atoms with Gasteiger partial charge in [-0.2, -0.15) is 0 Å². The molecule has 0 unspecified atom stereocenters. The highest BCUT2D eigenvalue weighted by Crippen LogP contribution is 2.32. The van der Waals surface area contributed by atoms with Crippen LogP contribution in [0.1, 0.15) is 5.56 Å². The molecule has 0 amide bonds. The maximum absolute atomic E-state index is 11.3. The molecule has 0 aliphatic carbocycles. The van der Waals surface area contributed by atoms with Gasteiger partial charge in [0.25, 0.3) is 0 Å². The van der Waals surface area contributed by atoms with Gasteiger partial charge in [-0.15, -0.1) is 0 Å². The van der Waals surface area contributed by atoms with E-state index in [9.17, 15) is 9.59 Å².